The number of benzene rings is 1. The Labute approximate surface area is 257 Å². The number of hydrazone groups is 1. The Morgan fingerprint density at radius 3 is 2.53 bits per heavy atom. The van der Waals surface area contributed by atoms with Crippen LogP contribution in [0.1, 0.15) is 31.8 Å². The third-order valence-electron chi connectivity index (χ3n) is 5.00. The van der Waals surface area contributed by atoms with E-state index in [1.54, 1.807) is 47.5 Å². The zero-order valence-electron chi connectivity index (χ0n) is 18.4. The molecule has 1 saturated heterocycles. The number of hydrogen-bond acceptors (Lipinski definition) is 7. The Hall–Kier alpha value is -0.794. The molecule has 2 amide bonds. The molecule has 2 N–H and O–H groups in total. The molecule has 1 aliphatic heterocycles. The first kappa shape index (κ1) is 27.8. The van der Waals surface area contributed by atoms with Gasteiger partial charge in [-0.1, -0.05) is 29.3 Å². The van der Waals surface area contributed by atoms with Crippen molar-refractivity contribution in [3.8, 4) is 16.2 Å². The second-order valence-electron chi connectivity index (χ2n) is 7.16. The smallest absolute Gasteiger partial charge is 0.281 e. The maximum atomic E-state index is 12.6. The molecule has 1 radical (unpaired) electrons. The van der Waals surface area contributed by atoms with E-state index in [0.717, 1.165) is 16.9 Å². The van der Waals surface area contributed by atoms with Gasteiger partial charge >= 0.3 is 0 Å². The van der Waals surface area contributed by atoms with Gasteiger partial charge in [0.15, 0.2) is 0 Å². The van der Waals surface area contributed by atoms with E-state index in [4.69, 9.17) is 27.9 Å². The van der Waals surface area contributed by atoms with Gasteiger partial charge in [-0.15, -0.1) is 22.7 Å². The van der Waals surface area contributed by atoms with Gasteiger partial charge in [0.05, 0.1) is 49.2 Å². The maximum absolute atomic E-state index is 12.6. The van der Waals surface area contributed by atoms with E-state index in [9.17, 15) is 14.7 Å². The summed E-state index contributed by atoms with van der Waals surface area (Å²) in [4.78, 5) is 28.3. The quantitative estimate of drug-likeness (QED) is 0.267. The fraction of sp³-hybridized carbons (Fsp3) is 0.227. The zero-order chi connectivity index (χ0) is 23.5. The second kappa shape index (κ2) is 12.4. The molecule has 0 aliphatic carbocycles. The van der Waals surface area contributed by atoms with Gasteiger partial charge in [0.1, 0.15) is 5.75 Å². The number of hydrogen-bond donors (Lipinski definition) is 2. The summed E-state index contributed by atoms with van der Waals surface area (Å²) in [7, 11) is 0. The average molecular weight is 564 g/mol. The number of morpholine rings is 1. The number of halogens is 2. The number of thiophene rings is 2. The van der Waals surface area contributed by atoms with Crippen molar-refractivity contribution in [3.63, 3.8) is 0 Å². The minimum absolute atomic E-state index is 0. The van der Waals surface area contributed by atoms with Crippen LogP contribution in [0.5, 0.6) is 5.75 Å². The Balaban J connectivity index is 0.00000324. The molecule has 1 fully saturated rings. The van der Waals surface area contributed by atoms with E-state index in [1.165, 1.54) is 11.3 Å². The minimum atomic E-state index is -0.431. The number of nitrogens with zero attached hydrogens (tertiary/aromatic N) is 2. The minimum Gasteiger partial charge on any atom is -0.506 e. The normalized spacial score (nSPS) is 14.0. The van der Waals surface area contributed by atoms with Crippen LogP contribution in [0.2, 0.25) is 10.0 Å². The Morgan fingerprint density at radius 2 is 1.82 bits per heavy atom. The van der Waals surface area contributed by atoms with Gasteiger partial charge in [0.25, 0.3) is 11.8 Å². The monoisotopic (exact) mass is 562 g/mol. The maximum Gasteiger partial charge on any atom is 0.281 e. The van der Waals surface area contributed by atoms with Gasteiger partial charge in [-0.25, -0.2) is 5.43 Å². The number of rotatable bonds is 5. The molecule has 0 spiro atoms. The molecule has 4 rings (SSSR count). The standard InChI is InChI=1S/C22H19Cl2N3O4S2.K/c1-12(14-11-32-20(19(14)28)13-2-3-15(23)16(24)10-13)25-26-21(29)17-4-5-18(33-17)22(30)27-6-8-31-9-7-27;/h2-5,10-11,28H,6-9H2,1H3,(H,26,29);. The number of ether oxygens (including phenoxy) is 1. The summed E-state index contributed by atoms with van der Waals surface area (Å²) in [6.45, 7) is 3.79. The van der Waals surface area contributed by atoms with E-state index >= 15 is 0 Å². The number of carbonyl (C=O) groups is 2. The molecule has 3 heterocycles. The van der Waals surface area contributed by atoms with Crippen LogP contribution >= 0.6 is 45.9 Å². The summed E-state index contributed by atoms with van der Waals surface area (Å²) in [5.41, 5.74) is 4.15. The van der Waals surface area contributed by atoms with Crippen molar-refractivity contribution in [1.29, 1.82) is 0 Å². The van der Waals surface area contributed by atoms with Gasteiger partial charge in [-0.05, 0) is 36.8 Å². The van der Waals surface area contributed by atoms with Crippen molar-refractivity contribution < 1.29 is 19.4 Å². The van der Waals surface area contributed by atoms with E-state index in [2.05, 4.69) is 10.5 Å². The molecular formula is C22H19Cl2KN3O4S2. The van der Waals surface area contributed by atoms with Crippen LogP contribution in [0, 0.1) is 0 Å². The van der Waals surface area contributed by atoms with Crippen LogP contribution in [0.15, 0.2) is 40.8 Å². The number of nitrogens with one attached hydrogen (secondary N) is 1. The van der Waals surface area contributed by atoms with Crippen molar-refractivity contribution in [2.45, 2.75) is 6.92 Å². The molecule has 3 aromatic rings. The summed E-state index contributed by atoms with van der Waals surface area (Å²) in [6.07, 6.45) is 0. The Kier molecular flexibility index (Phi) is 10.2. The summed E-state index contributed by atoms with van der Waals surface area (Å²) in [6, 6.07) is 8.36. The zero-order valence-corrected chi connectivity index (χ0v) is 24.7. The fourth-order valence-corrected chi connectivity index (χ4v) is 5.36. The number of aromatic hydroxyl groups is 1. The van der Waals surface area contributed by atoms with Crippen LogP contribution in [-0.2, 0) is 4.74 Å². The predicted octanol–water partition coefficient (Wildman–Crippen LogP) is 4.73. The van der Waals surface area contributed by atoms with Crippen molar-refractivity contribution >= 4 is 115 Å². The summed E-state index contributed by atoms with van der Waals surface area (Å²) in [5.74, 6) is -0.497. The predicted molar refractivity (Wildman–Crippen MR) is 138 cm³/mol. The molecule has 0 bridgehead atoms. The van der Waals surface area contributed by atoms with Gasteiger partial charge in [-0.3, -0.25) is 9.59 Å². The third kappa shape index (κ3) is 6.30. The molecule has 0 saturated carbocycles. The Morgan fingerprint density at radius 1 is 1.12 bits per heavy atom. The SMILES string of the molecule is CC(=NNC(=O)c1ccc(C(=O)N2CCOCC2)s1)c1csc(-c2ccc(Cl)c(Cl)c2)c1O.[K]. The summed E-state index contributed by atoms with van der Waals surface area (Å²) >= 11 is 14.5. The van der Waals surface area contributed by atoms with Crippen LogP contribution < -0.4 is 5.43 Å². The molecule has 7 nitrogen and oxygen atoms in total. The van der Waals surface area contributed by atoms with Gasteiger partial charge in [-0.2, -0.15) is 5.10 Å². The second-order valence-corrected chi connectivity index (χ2v) is 9.94. The molecule has 0 unspecified atom stereocenters. The van der Waals surface area contributed by atoms with Gasteiger partial charge in [0.2, 0.25) is 0 Å². The fourth-order valence-electron chi connectivity index (χ4n) is 3.20. The van der Waals surface area contributed by atoms with Crippen LogP contribution in [-0.4, -0.2) is 105 Å². The summed E-state index contributed by atoms with van der Waals surface area (Å²) < 4.78 is 5.27. The molecule has 34 heavy (non-hydrogen) atoms. The van der Waals surface area contributed by atoms with Crippen molar-refractivity contribution in [1.82, 2.24) is 10.3 Å². The third-order valence-corrected chi connectivity index (χ3v) is 7.83. The van der Waals surface area contributed by atoms with Crippen LogP contribution in [0.4, 0.5) is 0 Å². The molecule has 1 aliphatic rings. The van der Waals surface area contributed by atoms with Gasteiger partial charge in [0, 0.05) is 69.9 Å². The van der Waals surface area contributed by atoms with E-state index in [-0.39, 0.29) is 63.0 Å². The van der Waals surface area contributed by atoms with E-state index in [0.29, 0.717) is 62.3 Å². The van der Waals surface area contributed by atoms with Crippen LogP contribution in [0.25, 0.3) is 10.4 Å². The first-order valence-corrected chi connectivity index (χ1v) is 12.4. The van der Waals surface area contributed by atoms with E-state index < -0.39 is 5.91 Å². The van der Waals surface area contributed by atoms with Crippen LogP contribution in [0.3, 0.4) is 0 Å². The summed E-state index contributed by atoms with van der Waals surface area (Å²) in [5, 5.41) is 17.4. The molecule has 12 heteroatoms. The Bertz CT molecular complexity index is 1240. The van der Waals surface area contributed by atoms with Gasteiger partial charge < -0.3 is 14.7 Å². The largest absolute Gasteiger partial charge is 0.506 e. The topological polar surface area (TPSA) is 91.2 Å². The first-order chi connectivity index (χ1) is 15.8. The van der Waals surface area contributed by atoms with E-state index in [1.807, 2.05) is 0 Å². The van der Waals surface area contributed by atoms with Crippen molar-refractivity contribution in [2.75, 3.05) is 26.3 Å². The number of amides is 2. The molecule has 2 aromatic heterocycles. The van der Waals surface area contributed by atoms with Crippen molar-refractivity contribution in [2.24, 2.45) is 5.10 Å². The molecule has 173 valence electrons. The van der Waals surface area contributed by atoms with Crippen molar-refractivity contribution in [3.05, 3.63) is 61.1 Å². The number of carbonyl (C=O) groups excluding carboxylic acids is 2. The molecule has 1 aromatic carbocycles. The first-order valence-electron chi connectivity index (χ1n) is 9.93. The molecule has 0 atom stereocenters. The molecular weight excluding hydrogens is 544 g/mol. The average Bonchev–Trinajstić information content (AvgIpc) is 3.46.